The predicted octanol–water partition coefficient (Wildman–Crippen LogP) is 2.69. The van der Waals surface area contributed by atoms with Crippen molar-refractivity contribution in [2.24, 2.45) is 0 Å². The third-order valence-electron chi connectivity index (χ3n) is 3.77. The first-order valence-electron chi connectivity index (χ1n) is 9.18. The molecular formula is C22H23N3O5. The van der Waals surface area contributed by atoms with Crippen LogP contribution in [0.2, 0.25) is 0 Å². The Labute approximate surface area is 174 Å². The molecule has 8 nitrogen and oxygen atoms in total. The highest BCUT2D eigenvalue weighted by Gasteiger charge is 2.21. The van der Waals surface area contributed by atoms with E-state index in [-0.39, 0.29) is 11.6 Å². The molecule has 0 radical (unpaired) electrons. The minimum Gasteiger partial charge on any atom is -0.448 e. The predicted molar refractivity (Wildman–Crippen MR) is 113 cm³/mol. The van der Waals surface area contributed by atoms with E-state index < -0.39 is 23.9 Å². The molecule has 0 spiro atoms. The first-order chi connectivity index (χ1) is 14.2. The van der Waals surface area contributed by atoms with Crippen molar-refractivity contribution < 1.29 is 23.9 Å². The molecule has 0 bridgehead atoms. The maximum atomic E-state index is 12.5. The zero-order valence-electron chi connectivity index (χ0n) is 16.9. The van der Waals surface area contributed by atoms with Crippen LogP contribution in [0.25, 0.3) is 6.08 Å². The highest BCUT2D eigenvalue weighted by Crippen LogP contribution is 2.14. The van der Waals surface area contributed by atoms with Crippen LogP contribution in [-0.4, -0.2) is 29.8 Å². The molecule has 0 aliphatic heterocycles. The van der Waals surface area contributed by atoms with Gasteiger partial charge in [0.05, 0.1) is 0 Å². The number of ether oxygens (including phenoxy) is 1. The first-order valence-corrected chi connectivity index (χ1v) is 9.18. The van der Waals surface area contributed by atoms with E-state index in [0.717, 1.165) is 0 Å². The van der Waals surface area contributed by atoms with Crippen LogP contribution >= 0.6 is 0 Å². The molecular weight excluding hydrogens is 386 g/mol. The molecule has 0 heterocycles. The van der Waals surface area contributed by atoms with Gasteiger partial charge in [-0.2, -0.15) is 0 Å². The lowest BCUT2D eigenvalue weighted by atomic mass is 10.2. The monoisotopic (exact) mass is 409 g/mol. The number of hydrogen-bond acceptors (Lipinski definition) is 5. The van der Waals surface area contributed by atoms with Gasteiger partial charge in [0.25, 0.3) is 5.91 Å². The van der Waals surface area contributed by atoms with Crippen LogP contribution in [0.3, 0.4) is 0 Å². The van der Waals surface area contributed by atoms with Crippen molar-refractivity contribution in [3.05, 3.63) is 65.9 Å². The number of amides is 3. The summed E-state index contributed by atoms with van der Waals surface area (Å²) in [7, 11) is 0. The minimum atomic E-state index is -1.11. The maximum absolute atomic E-state index is 12.5. The van der Waals surface area contributed by atoms with E-state index in [0.29, 0.717) is 16.9 Å². The summed E-state index contributed by atoms with van der Waals surface area (Å²) in [5.74, 6) is -2.02. The summed E-state index contributed by atoms with van der Waals surface area (Å²) >= 11 is 0. The molecule has 0 saturated carbocycles. The van der Waals surface area contributed by atoms with Crippen molar-refractivity contribution in [3.8, 4) is 0 Å². The number of benzene rings is 2. The summed E-state index contributed by atoms with van der Waals surface area (Å²) in [5, 5.41) is 7.67. The minimum absolute atomic E-state index is 0.0759. The van der Waals surface area contributed by atoms with Gasteiger partial charge in [0.15, 0.2) is 6.10 Å². The summed E-state index contributed by atoms with van der Waals surface area (Å²) in [6, 6.07) is 15.4. The zero-order valence-corrected chi connectivity index (χ0v) is 16.9. The molecule has 3 N–H and O–H groups in total. The second kappa shape index (κ2) is 10.6. The van der Waals surface area contributed by atoms with Gasteiger partial charge in [-0.05, 0) is 42.8 Å². The Hall–Kier alpha value is -3.94. The highest BCUT2D eigenvalue weighted by molar-refractivity contribution is 6.00. The lowest BCUT2D eigenvalue weighted by Crippen LogP contribution is -2.33. The molecule has 1 atom stereocenters. The summed E-state index contributed by atoms with van der Waals surface area (Å²) in [6.07, 6.45) is 0.357. The van der Waals surface area contributed by atoms with Gasteiger partial charge < -0.3 is 20.7 Å². The molecule has 0 saturated heterocycles. The number of esters is 1. The number of nitrogens with one attached hydrogen (secondary N) is 3. The van der Waals surface area contributed by atoms with Crippen molar-refractivity contribution in [2.45, 2.75) is 26.9 Å². The van der Waals surface area contributed by atoms with Crippen molar-refractivity contribution >= 4 is 41.1 Å². The maximum Gasteiger partial charge on any atom is 0.355 e. The van der Waals surface area contributed by atoms with Gasteiger partial charge in [-0.1, -0.05) is 30.3 Å². The number of carbonyl (C=O) groups is 4. The van der Waals surface area contributed by atoms with Crippen LogP contribution in [-0.2, 0) is 23.9 Å². The molecule has 30 heavy (non-hydrogen) atoms. The van der Waals surface area contributed by atoms with Crippen LogP contribution in [0, 0.1) is 0 Å². The molecule has 3 amide bonds. The van der Waals surface area contributed by atoms with Crippen LogP contribution in [0.5, 0.6) is 0 Å². The second-order valence-electron chi connectivity index (χ2n) is 6.45. The number of anilines is 2. The van der Waals surface area contributed by atoms with Crippen molar-refractivity contribution in [3.63, 3.8) is 0 Å². The fraction of sp³-hybridized carbons (Fsp3) is 0.182. The largest absolute Gasteiger partial charge is 0.448 e. The molecule has 0 aromatic heterocycles. The van der Waals surface area contributed by atoms with Crippen LogP contribution in [0.15, 0.2) is 60.3 Å². The smallest absolute Gasteiger partial charge is 0.355 e. The second-order valence-corrected chi connectivity index (χ2v) is 6.45. The van der Waals surface area contributed by atoms with E-state index in [1.165, 1.54) is 26.8 Å². The Balaban J connectivity index is 2.02. The van der Waals surface area contributed by atoms with Crippen LogP contribution < -0.4 is 16.0 Å². The Morgan fingerprint density at radius 1 is 0.833 bits per heavy atom. The van der Waals surface area contributed by atoms with Crippen molar-refractivity contribution in [1.82, 2.24) is 5.32 Å². The third-order valence-corrected chi connectivity index (χ3v) is 3.77. The van der Waals surface area contributed by atoms with E-state index >= 15 is 0 Å². The van der Waals surface area contributed by atoms with E-state index in [2.05, 4.69) is 16.0 Å². The molecule has 0 aliphatic rings. The van der Waals surface area contributed by atoms with E-state index in [1.54, 1.807) is 48.5 Å². The molecule has 2 aromatic carbocycles. The zero-order chi connectivity index (χ0) is 22.1. The van der Waals surface area contributed by atoms with Crippen molar-refractivity contribution in [2.75, 3.05) is 10.6 Å². The average Bonchev–Trinajstić information content (AvgIpc) is 2.69. The van der Waals surface area contributed by atoms with Gasteiger partial charge in [-0.25, -0.2) is 4.79 Å². The number of rotatable bonds is 7. The SMILES string of the molecule is CC(=O)N/C(=C\c1ccccc1)C(=O)OC(C)C(=O)Nc1ccc(NC(C)=O)cc1. The van der Waals surface area contributed by atoms with Gasteiger partial charge in [-0.3, -0.25) is 14.4 Å². The summed E-state index contributed by atoms with van der Waals surface area (Å²) in [4.78, 5) is 47.3. The lowest BCUT2D eigenvalue weighted by Gasteiger charge is -2.15. The van der Waals surface area contributed by atoms with Gasteiger partial charge in [-0.15, -0.1) is 0 Å². The number of hydrogen-bond donors (Lipinski definition) is 3. The highest BCUT2D eigenvalue weighted by atomic mass is 16.5. The Morgan fingerprint density at radius 3 is 1.93 bits per heavy atom. The van der Waals surface area contributed by atoms with E-state index in [4.69, 9.17) is 4.74 Å². The summed E-state index contributed by atoms with van der Waals surface area (Å²) < 4.78 is 5.20. The normalized spacial score (nSPS) is 11.8. The first kappa shape index (κ1) is 22.4. The fourth-order valence-electron chi connectivity index (χ4n) is 2.41. The van der Waals surface area contributed by atoms with Crippen LogP contribution in [0.1, 0.15) is 26.3 Å². The molecule has 0 aliphatic carbocycles. The summed E-state index contributed by atoms with van der Waals surface area (Å²) in [6.45, 7) is 4.09. The molecule has 8 heteroatoms. The van der Waals surface area contributed by atoms with E-state index in [1.807, 2.05) is 6.07 Å². The molecule has 2 rings (SSSR count). The summed E-state index contributed by atoms with van der Waals surface area (Å²) in [5.41, 5.74) is 1.67. The van der Waals surface area contributed by atoms with Crippen molar-refractivity contribution in [1.29, 1.82) is 0 Å². The van der Waals surface area contributed by atoms with Gasteiger partial charge in [0.1, 0.15) is 5.70 Å². The Kier molecular flexibility index (Phi) is 7.87. The molecule has 0 fully saturated rings. The lowest BCUT2D eigenvalue weighted by molar-refractivity contribution is -0.149. The number of carbonyl (C=O) groups excluding carboxylic acids is 4. The van der Waals surface area contributed by atoms with Crippen LogP contribution in [0.4, 0.5) is 11.4 Å². The quantitative estimate of drug-likeness (QED) is 0.481. The van der Waals surface area contributed by atoms with E-state index in [9.17, 15) is 19.2 Å². The Morgan fingerprint density at radius 2 is 1.40 bits per heavy atom. The third kappa shape index (κ3) is 7.23. The Bertz CT molecular complexity index is 952. The van der Waals surface area contributed by atoms with Gasteiger partial charge in [0, 0.05) is 25.2 Å². The average molecular weight is 409 g/mol. The molecule has 156 valence electrons. The van der Waals surface area contributed by atoms with Gasteiger partial charge in [0.2, 0.25) is 11.8 Å². The topological polar surface area (TPSA) is 114 Å². The van der Waals surface area contributed by atoms with Gasteiger partial charge >= 0.3 is 5.97 Å². The molecule has 1 unspecified atom stereocenters. The molecule has 2 aromatic rings. The standard InChI is InChI=1S/C22H23N3O5/c1-14(21(28)25-19-11-9-18(10-12-19)23-15(2)26)30-22(29)20(24-16(3)27)13-17-7-5-4-6-8-17/h4-14H,1-3H3,(H,23,26)(H,24,27)(H,25,28)/b20-13-. The fourth-order valence-corrected chi connectivity index (χ4v) is 2.41.